The minimum Gasteiger partial charge on any atom is -0.310 e. The van der Waals surface area contributed by atoms with Crippen LogP contribution in [0.5, 0.6) is 0 Å². The van der Waals surface area contributed by atoms with Crippen molar-refractivity contribution in [2.24, 2.45) is 0 Å². The normalized spacial score (nSPS) is 14.3. The molecule has 2 aliphatic rings. The van der Waals surface area contributed by atoms with Crippen LogP contribution in [0, 0.1) is 0 Å². The van der Waals surface area contributed by atoms with E-state index in [2.05, 4.69) is 256 Å². The second-order valence-corrected chi connectivity index (χ2v) is 17.8. The van der Waals surface area contributed by atoms with E-state index >= 15 is 0 Å². The molecule has 298 valence electrons. The Bertz CT molecular complexity index is 2720. The third kappa shape index (κ3) is 6.17. The van der Waals surface area contributed by atoms with E-state index in [0.717, 1.165) is 11.4 Å². The Morgan fingerprint density at radius 2 is 0.500 bits per heavy atom. The van der Waals surface area contributed by atoms with Gasteiger partial charge in [-0.3, -0.25) is 0 Å². The number of anilines is 6. The van der Waals surface area contributed by atoms with Gasteiger partial charge in [0, 0.05) is 22.2 Å². The zero-order valence-electron chi connectivity index (χ0n) is 35.7. The summed E-state index contributed by atoms with van der Waals surface area (Å²) in [7, 11) is 0. The third-order valence-electron chi connectivity index (χ3n) is 13.4. The largest absolute Gasteiger partial charge is 0.310 e. The van der Waals surface area contributed by atoms with E-state index in [1.54, 1.807) is 0 Å². The Morgan fingerprint density at radius 3 is 0.758 bits per heavy atom. The lowest BCUT2D eigenvalue weighted by atomic mass is 9.72. The van der Waals surface area contributed by atoms with Crippen molar-refractivity contribution in [3.05, 3.63) is 241 Å². The molecule has 0 fully saturated rings. The van der Waals surface area contributed by atoms with Gasteiger partial charge in [0.25, 0.3) is 0 Å². The summed E-state index contributed by atoms with van der Waals surface area (Å²) in [4.78, 5) is 4.99. The number of hydrogen-bond acceptors (Lipinski definition) is 2. The summed E-state index contributed by atoms with van der Waals surface area (Å²) in [5.74, 6) is 0. The number of hydrogen-bond donors (Lipinski definition) is 0. The molecule has 2 nitrogen and oxygen atoms in total. The molecule has 0 atom stereocenters. The number of benzene rings is 9. The van der Waals surface area contributed by atoms with Crippen molar-refractivity contribution >= 4 is 34.1 Å². The van der Waals surface area contributed by atoms with Gasteiger partial charge in [0.05, 0.1) is 22.7 Å². The van der Waals surface area contributed by atoms with Crippen LogP contribution in [0.3, 0.4) is 0 Å². The van der Waals surface area contributed by atoms with Crippen molar-refractivity contribution < 1.29 is 0 Å². The van der Waals surface area contributed by atoms with E-state index in [-0.39, 0.29) is 10.8 Å². The second kappa shape index (κ2) is 14.6. The minimum atomic E-state index is -0.266. The Labute approximate surface area is 366 Å². The first kappa shape index (κ1) is 37.6. The zero-order chi connectivity index (χ0) is 42.0. The molecule has 9 aromatic rings. The third-order valence-corrected chi connectivity index (χ3v) is 13.4. The Hall–Kier alpha value is -7.42. The summed E-state index contributed by atoms with van der Waals surface area (Å²) in [6.45, 7) is 9.55. The van der Waals surface area contributed by atoms with Crippen molar-refractivity contribution in [2.45, 2.75) is 38.5 Å². The lowest BCUT2D eigenvalue weighted by Gasteiger charge is -2.44. The highest BCUT2D eigenvalue weighted by molar-refractivity contribution is 5.93. The first-order valence-electron chi connectivity index (χ1n) is 21.8. The van der Waals surface area contributed by atoms with Gasteiger partial charge in [-0.05, 0) is 133 Å². The molecular formula is C60H48N2. The highest BCUT2D eigenvalue weighted by Gasteiger charge is 2.40. The first-order valence-corrected chi connectivity index (χ1v) is 21.8. The van der Waals surface area contributed by atoms with Crippen LogP contribution in [-0.2, 0) is 10.8 Å². The summed E-state index contributed by atoms with van der Waals surface area (Å²) in [5.41, 5.74) is 21.5. The molecule has 0 saturated heterocycles. The Morgan fingerprint density at radius 1 is 0.242 bits per heavy atom. The highest BCUT2D eigenvalue weighted by Crippen LogP contribution is 2.56. The Balaban J connectivity index is 1.11. The van der Waals surface area contributed by atoms with Crippen LogP contribution >= 0.6 is 0 Å². The van der Waals surface area contributed by atoms with Gasteiger partial charge in [-0.25, -0.2) is 0 Å². The fourth-order valence-electron chi connectivity index (χ4n) is 10.0. The smallest absolute Gasteiger partial charge is 0.0503 e. The number of nitrogens with zero attached hydrogens (tertiary/aromatic N) is 2. The van der Waals surface area contributed by atoms with Gasteiger partial charge in [-0.15, -0.1) is 0 Å². The number of rotatable bonds is 6. The molecule has 2 aliphatic heterocycles. The van der Waals surface area contributed by atoms with Crippen LogP contribution < -0.4 is 9.80 Å². The van der Waals surface area contributed by atoms with Gasteiger partial charge in [0.1, 0.15) is 0 Å². The van der Waals surface area contributed by atoms with Gasteiger partial charge < -0.3 is 9.80 Å². The maximum Gasteiger partial charge on any atom is 0.0503 e. The van der Waals surface area contributed by atoms with Gasteiger partial charge in [-0.1, -0.05) is 179 Å². The molecule has 0 aromatic heterocycles. The molecule has 0 amide bonds. The van der Waals surface area contributed by atoms with E-state index < -0.39 is 0 Å². The van der Waals surface area contributed by atoms with Crippen LogP contribution in [-0.4, -0.2) is 0 Å². The highest BCUT2D eigenvalue weighted by atomic mass is 15.2. The fraction of sp³-hybridized carbons (Fsp3) is 0.100. The van der Waals surface area contributed by atoms with E-state index in [1.807, 2.05) is 0 Å². The van der Waals surface area contributed by atoms with Crippen molar-refractivity contribution in [1.29, 1.82) is 0 Å². The zero-order valence-corrected chi connectivity index (χ0v) is 35.7. The molecule has 0 aliphatic carbocycles. The molecule has 9 aromatic carbocycles. The summed E-state index contributed by atoms with van der Waals surface area (Å²) in [6, 6.07) is 80.4. The molecule has 2 heteroatoms. The average molecular weight is 797 g/mol. The minimum absolute atomic E-state index is 0.266. The predicted molar refractivity (Wildman–Crippen MR) is 262 cm³/mol. The van der Waals surface area contributed by atoms with E-state index in [4.69, 9.17) is 0 Å². The molecule has 0 unspecified atom stereocenters. The monoisotopic (exact) mass is 796 g/mol. The van der Waals surface area contributed by atoms with Crippen LogP contribution in [0.25, 0.3) is 44.5 Å². The van der Waals surface area contributed by atoms with Gasteiger partial charge >= 0.3 is 0 Å². The molecule has 62 heavy (non-hydrogen) atoms. The number of fused-ring (bicyclic) bond motifs is 4. The van der Waals surface area contributed by atoms with E-state index in [9.17, 15) is 0 Å². The van der Waals surface area contributed by atoms with Crippen LogP contribution in [0.2, 0.25) is 0 Å². The maximum absolute atomic E-state index is 2.50. The topological polar surface area (TPSA) is 6.48 Å². The molecule has 0 spiro atoms. The Kier molecular flexibility index (Phi) is 8.87. The van der Waals surface area contributed by atoms with Crippen molar-refractivity contribution in [1.82, 2.24) is 0 Å². The predicted octanol–water partition coefficient (Wildman–Crippen LogP) is 16.6. The summed E-state index contributed by atoms with van der Waals surface area (Å²) in [6.07, 6.45) is 0. The average Bonchev–Trinajstić information content (AvgIpc) is 3.33. The van der Waals surface area contributed by atoms with Crippen LogP contribution in [0.1, 0.15) is 49.9 Å². The van der Waals surface area contributed by atoms with Gasteiger partial charge in [0.2, 0.25) is 0 Å². The van der Waals surface area contributed by atoms with E-state index in [1.165, 1.54) is 89.5 Å². The summed E-state index contributed by atoms with van der Waals surface area (Å²) >= 11 is 0. The fourth-order valence-corrected chi connectivity index (χ4v) is 10.0. The van der Waals surface area contributed by atoms with Gasteiger partial charge in [0.15, 0.2) is 0 Å². The van der Waals surface area contributed by atoms with Gasteiger partial charge in [-0.2, -0.15) is 0 Å². The lowest BCUT2D eigenvalue weighted by molar-refractivity contribution is 0.632. The summed E-state index contributed by atoms with van der Waals surface area (Å²) in [5, 5.41) is 0. The first-order chi connectivity index (χ1) is 30.3. The van der Waals surface area contributed by atoms with Crippen LogP contribution in [0.15, 0.2) is 218 Å². The van der Waals surface area contributed by atoms with Crippen molar-refractivity contribution in [3.8, 4) is 44.5 Å². The second-order valence-electron chi connectivity index (χ2n) is 17.8. The van der Waals surface area contributed by atoms with Crippen molar-refractivity contribution in [3.63, 3.8) is 0 Å². The molecule has 11 rings (SSSR count). The molecule has 0 bridgehead atoms. The van der Waals surface area contributed by atoms with E-state index in [0.29, 0.717) is 0 Å². The van der Waals surface area contributed by atoms with Crippen LogP contribution in [0.4, 0.5) is 34.1 Å². The SMILES string of the molecule is CC1(C)c2cc(-c3ccccc3)ccc2N(c2cccc(N3c4ccc(-c5ccccc5)cc4C(C)(C)c4cc(-c5ccccc5)ccc43)c2)c2ccc(-c3ccccc3)cc21. The molecule has 2 heterocycles. The quantitative estimate of drug-likeness (QED) is 0.165. The standard InChI is InChI=1S/C60H48N2/c1-59(2)51-36-45(41-18-9-5-10-19-41)28-32-55(51)61(56-33-29-46(37-52(56)59)42-20-11-6-12-21-42)49-26-17-27-50(40-49)62-57-34-30-47(43-22-13-7-14-23-43)38-53(57)60(3,4)54-39-48(31-35-58(54)62)44-24-15-8-16-25-44/h5-40H,1-4H3. The van der Waals surface area contributed by atoms with Crippen molar-refractivity contribution in [2.75, 3.05) is 9.80 Å². The molecule has 0 radical (unpaired) electrons. The summed E-state index contributed by atoms with van der Waals surface area (Å²) < 4.78 is 0. The molecule has 0 saturated carbocycles. The molecular weight excluding hydrogens is 749 g/mol. The lowest BCUT2D eigenvalue weighted by Crippen LogP contribution is -2.31. The maximum atomic E-state index is 2.50. The molecule has 0 N–H and O–H groups in total.